The van der Waals surface area contributed by atoms with E-state index in [0.29, 0.717) is 24.1 Å². The number of aliphatic hydroxyl groups is 1. The molecule has 1 amide bonds. The molecule has 2 heterocycles. The minimum Gasteiger partial charge on any atom is -0.393 e. The lowest BCUT2D eigenvalue weighted by Crippen LogP contribution is -2.42. The molecule has 7 nitrogen and oxygen atoms in total. The number of nitrogen functional groups attached to an aromatic ring is 1. The number of nitrogens with two attached hydrogens (primary N) is 1. The van der Waals surface area contributed by atoms with Crippen LogP contribution >= 0.6 is 0 Å². The highest BCUT2D eigenvalue weighted by Gasteiger charge is 2.36. The number of benzene rings is 1. The van der Waals surface area contributed by atoms with Crippen LogP contribution in [0.2, 0.25) is 0 Å². The van der Waals surface area contributed by atoms with E-state index < -0.39 is 0 Å². The van der Waals surface area contributed by atoms with Crippen molar-refractivity contribution in [1.29, 1.82) is 0 Å². The molecule has 0 unspecified atom stereocenters. The van der Waals surface area contributed by atoms with E-state index in [9.17, 15) is 9.90 Å². The molecular formula is C21H21N5O2. The third-order valence-corrected chi connectivity index (χ3v) is 5.01. The molecule has 1 fully saturated rings. The molecule has 0 bridgehead atoms. The molecule has 28 heavy (non-hydrogen) atoms. The fourth-order valence-corrected chi connectivity index (χ4v) is 3.49. The maximum absolute atomic E-state index is 13.1. The van der Waals surface area contributed by atoms with Gasteiger partial charge in [0.15, 0.2) is 0 Å². The quantitative estimate of drug-likeness (QED) is 0.631. The molecule has 142 valence electrons. The third-order valence-electron chi connectivity index (χ3n) is 5.01. The van der Waals surface area contributed by atoms with Gasteiger partial charge < -0.3 is 16.2 Å². The minimum absolute atomic E-state index is 0.110. The van der Waals surface area contributed by atoms with E-state index in [1.54, 1.807) is 6.20 Å². The van der Waals surface area contributed by atoms with Crippen LogP contribution in [-0.4, -0.2) is 32.1 Å². The molecule has 1 aliphatic rings. The Balaban J connectivity index is 1.65. The first-order valence-electron chi connectivity index (χ1n) is 9.19. The van der Waals surface area contributed by atoms with Gasteiger partial charge >= 0.3 is 0 Å². The number of nitrogens with one attached hydrogen (secondary N) is 1. The summed E-state index contributed by atoms with van der Waals surface area (Å²) in [6.45, 7) is 0. The van der Waals surface area contributed by atoms with E-state index in [4.69, 9.17) is 5.73 Å². The summed E-state index contributed by atoms with van der Waals surface area (Å²) in [6, 6.07) is 14.7. The number of rotatable bonds is 5. The number of carbonyl (C=O) groups excluding carboxylic acids is 1. The van der Waals surface area contributed by atoms with Gasteiger partial charge in [-0.05, 0) is 30.9 Å². The van der Waals surface area contributed by atoms with Crippen LogP contribution < -0.4 is 11.1 Å². The highest BCUT2D eigenvalue weighted by Crippen LogP contribution is 2.37. The Hall–Kier alpha value is -3.32. The Labute approximate surface area is 162 Å². The van der Waals surface area contributed by atoms with E-state index in [1.165, 1.54) is 6.20 Å². The average molecular weight is 375 g/mol. The highest BCUT2D eigenvalue weighted by atomic mass is 16.3. The Kier molecular flexibility index (Phi) is 4.99. The molecular weight excluding hydrogens is 354 g/mol. The number of hydrogen-bond donors (Lipinski definition) is 3. The van der Waals surface area contributed by atoms with Gasteiger partial charge in [-0.25, -0.2) is 9.97 Å². The lowest BCUT2D eigenvalue weighted by Gasteiger charge is -2.37. The van der Waals surface area contributed by atoms with Crippen molar-refractivity contribution >= 4 is 11.9 Å². The Morgan fingerprint density at radius 1 is 1.11 bits per heavy atom. The summed E-state index contributed by atoms with van der Waals surface area (Å²) in [4.78, 5) is 25.8. The van der Waals surface area contributed by atoms with Gasteiger partial charge in [0.2, 0.25) is 5.95 Å². The Morgan fingerprint density at radius 2 is 1.86 bits per heavy atom. The zero-order chi connectivity index (χ0) is 19.5. The number of pyridine rings is 1. The maximum Gasteiger partial charge on any atom is 0.255 e. The molecule has 0 saturated heterocycles. The number of aromatic nitrogens is 3. The summed E-state index contributed by atoms with van der Waals surface area (Å²) >= 11 is 0. The first kappa shape index (κ1) is 18.1. The Bertz CT molecular complexity index is 959. The van der Waals surface area contributed by atoms with Crippen molar-refractivity contribution in [3.05, 3.63) is 72.2 Å². The van der Waals surface area contributed by atoms with Gasteiger partial charge in [0.25, 0.3) is 5.91 Å². The fraction of sp³-hybridized carbons (Fsp3) is 0.238. The van der Waals surface area contributed by atoms with Gasteiger partial charge in [-0.2, -0.15) is 0 Å². The van der Waals surface area contributed by atoms with Crippen LogP contribution in [0.3, 0.4) is 0 Å². The highest BCUT2D eigenvalue weighted by molar-refractivity contribution is 6.00. The number of nitrogens with zero attached hydrogens (tertiary/aromatic N) is 3. The second kappa shape index (κ2) is 7.74. The molecule has 3 aromatic rings. The van der Waals surface area contributed by atoms with Crippen LogP contribution in [0, 0.1) is 5.92 Å². The van der Waals surface area contributed by atoms with E-state index in [0.717, 1.165) is 11.3 Å². The molecule has 2 aromatic heterocycles. The zero-order valence-electron chi connectivity index (χ0n) is 15.2. The van der Waals surface area contributed by atoms with Crippen molar-refractivity contribution in [3.8, 4) is 11.3 Å². The smallest absolute Gasteiger partial charge is 0.255 e. The molecule has 1 atom stereocenters. The van der Waals surface area contributed by atoms with Gasteiger partial charge in [0.05, 0.1) is 29.1 Å². The minimum atomic E-state index is -0.326. The van der Waals surface area contributed by atoms with Crippen LogP contribution in [0.5, 0.6) is 0 Å². The van der Waals surface area contributed by atoms with Crippen LogP contribution in [0.15, 0.2) is 60.9 Å². The van der Waals surface area contributed by atoms with Crippen LogP contribution in [-0.2, 0) is 0 Å². The first-order chi connectivity index (χ1) is 13.6. The van der Waals surface area contributed by atoms with E-state index in [1.807, 2.05) is 48.5 Å². The molecule has 4 rings (SSSR count). The van der Waals surface area contributed by atoms with Crippen molar-refractivity contribution in [3.63, 3.8) is 0 Å². The molecule has 0 spiro atoms. The first-order valence-corrected chi connectivity index (χ1v) is 9.19. The second-order valence-electron chi connectivity index (χ2n) is 6.95. The normalized spacial score (nSPS) is 19.5. The van der Waals surface area contributed by atoms with Crippen molar-refractivity contribution in [2.45, 2.75) is 25.0 Å². The molecule has 4 N–H and O–H groups in total. The monoisotopic (exact) mass is 375 g/mol. The van der Waals surface area contributed by atoms with E-state index >= 15 is 0 Å². The van der Waals surface area contributed by atoms with Crippen molar-refractivity contribution in [2.75, 3.05) is 5.73 Å². The predicted molar refractivity (Wildman–Crippen MR) is 105 cm³/mol. The van der Waals surface area contributed by atoms with Crippen LogP contribution in [0.4, 0.5) is 5.95 Å². The lowest BCUT2D eigenvalue weighted by atomic mass is 9.76. The van der Waals surface area contributed by atoms with E-state index in [2.05, 4.69) is 20.3 Å². The van der Waals surface area contributed by atoms with Crippen LogP contribution in [0.1, 0.15) is 34.9 Å². The number of carbonyl (C=O) groups is 1. The Morgan fingerprint density at radius 3 is 2.54 bits per heavy atom. The summed E-state index contributed by atoms with van der Waals surface area (Å²) < 4.78 is 0. The topological polar surface area (TPSA) is 114 Å². The summed E-state index contributed by atoms with van der Waals surface area (Å²) in [6.07, 6.45) is 4.08. The number of anilines is 1. The summed E-state index contributed by atoms with van der Waals surface area (Å²) in [5.41, 5.74) is 8.15. The summed E-state index contributed by atoms with van der Waals surface area (Å²) in [7, 11) is 0. The summed E-state index contributed by atoms with van der Waals surface area (Å²) in [5, 5.41) is 12.8. The molecule has 0 aliphatic heterocycles. The number of amides is 1. The SMILES string of the molecule is Nc1ncc(C(=O)N[C@@H](c2ccccn2)C2CC(O)C2)c(-c2ccccc2)n1. The standard InChI is InChI=1S/C21H21N5O2/c22-21-24-12-16(18(26-21)13-6-2-1-3-7-13)20(28)25-19(14-10-15(27)11-14)17-8-4-5-9-23-17/h1-9,12,14-15,19,27H,10-11H2,(H,25,28)(H2,22,24,26)/t14?,15?,19-/m1/s1. The third kappa shape index (κ3) is 3.70. The van der Waals surface area contributed by atoms with E-state index in [-0.39, 0.29) is 29.9 Å². The van der Waals surface area contributed by atoms with Crippen LogP contribution in [0.25, 0.3) is 11.3 Å². The summed E-state index contributed by atoms with van der Waals surface area (Å²) in [5.74, 6) is -0.0570. The van der Waals surface area contributed by atoms with Gasteiger partial charge in [0.1, 0.15) is 0 Å². The zero-order valence-corrected chi connectivity index (χ0v) is 15.2. The van der Waals surface area contributed by atoms with Crippen molar-refractivity contribution in [1.82, 2.24) is 20.3 Å². The van der Waals surface area contributed by atoms with Crippen molar-refractivity contribution < 1.29 is 9.90 Å². The molecule has 1 aliphatic carbocycles. The molecule has 1 aromatic carbocycles. The van der Waals surface area contributed by atoms with Gasteiger partial charge in [0, 0.05) is 18.0 Å². The fourth-order valence-electron chi connectivity index (χ4n) is 3.49. The molecule has 1 saturated carbocycles. The number of hydrogen-bond acceptors (Lipinski definition) is 6. The van der Waals surface area contributed by atoms with Gasteiger partial charge in [-0.1, -0.05) is 36.4 Å². The second-order valence-corrected chi connectivity index (χ2v) is 6.95. The van der Waals surface area contributed by atoms with Gasteiger partial charge in [-0.15, -0.1) is 0 Å². The lowest BCUT2D eigenvalue weighted by molar-refractivity contribution is 0.0228. The largest absolute Gasteiger partial charge is 0.393 e. The molecule has 0 radical (unpaired) electrons. The molecule has 7 heteroatoms. The average Bonchev–Trinajstić information content (AvgIpc) is 2.71. The van der Waals surface area contributed by atoms with Gasteiger partial charge in [-0.3, -0.25) is 9.78 Å². The number of aliphatic hydroxyl groups excluding tert-OH is 1. The van der Waals surface area contributed by atoms with Crippen molar-refractivity contribution in [2.24, 2.45) is 5.92 Å². The maximum atomic E-state index is 13.1. The predicted octanol–water partition coefficient (Wildman–Crippen LogP) is 2.36.